The van der Waals surface area contributed by atoms with Gasteiger partial charge in [-0.05, 0) is 38.5 Å². The number of ketones is 1. The van der Waals surface area contributed by atoms with Crippen molar-refractivity contribution in [2.45, 2.75) is 38.8 Å². The summed E-state index contributed by atoms with van der Waals surface area (Å²) in [6.45, 7) is 5.35. The molecule has 27 heavy (non-hydrogen) atoms. The Morgan fingerprint density at radius 3 is 2.81 bits per heavy atom. The molecule has 0 spiro atoms. The van der Waals surface area contributed by atoms with Crippen molar-refractivity contribution in [3.63, 3.8) is 0 Å². The van der Waals surface area contributed by atoms with Crippen LogP contribution < -0.4 is 14.8 Å². The number of thiazole rings is 1. The van der Waals surface area contributed by atoms with Crippen LogP contribution in [0.5, 0.6) is 11.5 Å². The number of amides is 1. The van der Waals surface area contributed by atoms with Crippen LogP contribution in [0.15, 0.2) is 23.7 Å². The van der Waals surface area contributed by atoms with Crippen molar-refractivity contribution in [3.8, 4) is 11.5 Å². The van der Waals surface area contributed by atoms with Gasteiger partial charge in [0.1, 0.15) is 11.6 Å². The van der Waals surface area contributed by atoms with Crippen LogP contribution in [0.25, 0.3) is 0 Å². The molecule has 1 aromatic carbocycles. The predicted molar refractivity (Wildman–Crippen MR) is 101 cm³/mol. The van der Waals surface area contributed by atoms with Crippen molar-refractivity contribution < 1.29 is 23.8 Å². The highest BCUT2D eigenvalue weighted by Crippen LogP contribution is 2.40. The molecule has 1 aliphatic rings. The molecule has 1 aromatic heterocycles. The Kier molecular flexibility index (Phi) is 5.57. The topological polar surface area (TPSA) is 86.8 Å². The highest BCUT2D eigenvalue weighted by atomic mass is 35.5. The summed E-state index contributed by atoms with van der Waals surface area (Å²) in [5.74, 6) is 0.684. The summed E-state index contributed by atoms with van der Waals surface area (Å²) in [5, 5.41) is 5.04. The fourth-order valence-electron chi connectivity index (χ4n) is 2.53. The Balaban J connectivity index is 1.82. The molecule has 1 aliphatic heterocycles. The van der Waals surface area contributed by atoms with Gasteiger partial charge >= 0.3 is 6.09 Å². The van der Waals surface area contributed by atoms with Gasteiger partial charge in [0.2, 0.25) is 12.6 Å². The average Bonchev–Trinajstić information content (AvgIpc) is 3.23. The number of aromatic nitrogens is 1. The fourth-order valence-corrected chi connectivity index (χ4v) is 3.45. The van der Waals surface area contributed by atoms with Gasteiger partial charge in [-0.2, -0.15) is 0 Å². The molecule has 1 amide bonds. The molecule has 2 heterocycles. The molecule has 0 radical (unpaired) electrons. The van der Waals surface area contributed by atoms with E-state index in [4.69, 9.17) is 25.8 Å². The highest BCUT2D eigenvalue weighted by molar-refractivity contribution is 7.11. The maximum atomic E-state index is 12.8. The summed E-state index contributed by atoms with van der Waals surface area (Å²) in [4.78, 5) is 29.1. The minimum Gasteiger partial charge on any atom is -0.454 e. The van der Waals surface area contributed by atoms with E-state index in [1.54, 1.807) is 44.5 Å². The number of halogens is 1. The van der Waals surface area contributed by atoms with E-state index in [0.29, 0.717) is 21.5 Å². The summed E-state index contributed by atoms with van der Waals surface area (Å²) in [6.07, 6.45) is 1.07. The van der Waals surface area contributed by atoms with E-state index in [2.05, 4.69) is 10.3 Å². The van der Waals surface area contributed by atoms with Crippen LogP contribution in [0.3, 0.4) is 0 Å². The summed E-state index contributed by atoms with van der Waals surface area (Å²) in [5.41, 5.74) is 0.0381. The third kappa shape index (κ3) is 4.90. The Morgan fingerprint density at radius 1 is 1.37 bits per heavy atom. The molecule has 0 aliphatic carbocycles. The molecule has 0 saturated heterocycles. The molecule has 3 rings (SSSR count). The first-order chi connectivity index (χ1) is 12.7. The molecule has 1 N–H and O–H groups in total. The van der Waals surface area contributed by atoms with Gasteiger partial charge in [0, 0.05) is 18.0 Å². The van der Waals surface area contributed by atoms with Crippen LogP contribution in [0.4, 0.5) is 4.79 Å². The number of ether oxygens (including phenoxy) is 3. The number of benzene rings is 1. The Bertz CT molecular complexity index is 848. The highest BCUT2D eigenvalue weighted by Gasteiger charge is 2.28. The summed E-state index contributed by atoms with van der Waals surface area (Å²) in [6, 6.07) is 2.57. The van der Waals surface area contributed by atoms with E-state index in [-0.39, 0.29) is 19.0 Å². The quantitative estimate of drug-likeness (QED) is 0.753. The van der Waals surface area contributed by atoms with E-state index in [1.165, 1.54) is 11.3 Å². The van der Waals surface area contributed by atoms with Gasteiger partial charge in [0.25, 0.3) is 0 Å². The maximum absolute atomic E-state index is 12.8. The zero-order chi connectivity index (χ0) is 19.6. The van der Waals surface area contributed by atoms with Crippen molar-refractivity contribution in [2.75, 3.05) is 6.79 Å². The maximum Gasteiger partial charge on any atom is 0.408 e. The lowest BCUT2D eigenvalue weighted by Crippen LogP contribution is -2.44. The molecule has 9 heteroatoms. The van der Waals surface area contributed by atoms with E-state index in [9.17, 15) is 9.59 Å². The van der Waals surface area contributed by atoms with Crippen LogP contribution in [-0.4, -0.2) is 35.3 Å². The van der Waals surface area contributed by atoms with Gasteiger partial charge in [-0.25, -0.2) is 9.78 Å². The monoisotopic (exact) mass is 410 g/mol. The minimum absolute atomic E-state index is 0.0934. The van der Waals surface area contributed by atoms with Gasteiger partial charge < -0.3 is 19.5 Å². The lowest BCUT2D eigenvalue weighted by Gasteiger charge is -2.23. The van der Waals surface area contributed by atoms with E-state index < -0.39 is 17.7 Å². The van der Waals surface area contributed by atoms with Crippen LogP contribution in [0, 0.1) is 0 Å². The van der Waals surface area contributed by atoms with Crippen molar-refractivity contribution in [1.82, 2.24) is 10.3 Å². The van der Waals surface area contributed by atoms with Crippen molar-refractivity contribution in [2.24, 2.45) is 0 Å². The van der Waals surface area contributed by atoms with Crippen molar-refractivity contribution >= 4 is 34.8 Å². The predicted octanol–water partition coefficient (Wildman–Crippen LogP) is 3.84. The Morgan fingerprint density at radius 2 is 2.15 bits per heavy atom. The van der Waals surface area contributed by atoms with Gasteiger partial charge in [0.05, 0.1) is 5.02 Å². The fraction of sp³-hybridized carbons (Fsp3) is 0.389. The van der Waals surface area contributed by atoms with Crippen molar-refractivity contribution in [3.05, 3.63) is 39.3 Å². The second-order valence-electron chi connectivity index (χ2n) is 6.92. The smallest absolute Gasteiger partial charge is 0.408 e. The Labute approximate surface area is 165 Å². The molecular weight excluding hydrogens is 392 g/mol. The molecule has 0 bridgehead atoms. The largest absolute Gasteiger partial charge is 0.454 e. The second kappa shape index (κ2) is 7.74. The van der Waals surface area contributed by atoms with Crippen molar-refractivity contribution in [1.29, 1.82) is 0 Å². The van der Waals surface area contributed by atoms with Crippen LogP contribution in [0.2, 0.25) is 5.02 Å². The average molecular weight is 411 g/mol. The van der Waals surface area contributed by atoms with Gasteiger partial charge in [-0.1, -0.05) is 11.6 Å². The number of hydrogen-bond acceptors (Lipinski definition) is 7. The number of rotatable bonds is 5. The molecule has 0 unspecified atom stereocenters. The minimum atomic E-state index is -0.859. The zero-order valence-electron chi connectivity index (χ0n) is 15.1. The van der Waals surface area contributed by atoms with Crippen LogP contribution in [-0.2, 0) is 11.2 Å². The number of fused-ring (bicyclic) bond motifs is 1. The number of carbonyl (C=O) groups excluding carboxylic acids is 2. The zero-order valence-corrected chi connectivity index (χ0v) is 16.6. The number of hydrogen-bond donors (Lipinski definition) is 1. The van der Waals surface area contributed by atoms with Gasteiger partial charge in [-0.15, -0.1) is 11.3 Å². The first-order valence-corrected chi connectivity index (χ1v) is 9.50. The van der Waals surface area contributed by atoms with Gasteiger partial charge in [-0.3, -0.25) is 4.79 Å². The lowest BCUT2D eigenvalue weighted by molar-refractivity contribution is 0.0491. The first kappa shape index (κ1) is 19.4. The van der Waals surface area contributed by atoms with Crippen LogP contribution >= 0.6 is 22.9 Å². The van der Waals surface area contributed by atoms with Crippen LogP contribution in [0.1, 0.15) is 36.1 Å². The Hall–Kier alpha value is -2.32. The molecule has 0 fully saturated rings. The summed E-state index contributed by atoms with van der Waals surface area (Å²) < 4.78 is 15.9. The summed E-state index contributed by atoms with van der Waals surface area (Å²) >= 11 is 7.43. The number of carbonyl (C=O) groups is 2. The third-order valence-corrected chi connectivity index (χ3v) is 4.65. The standard InChI is InChI=1S/C18H19ClN2O5S/c1-18(2,3)26-17(23)21-12(14(22)16-20-4-5-27-16)7-10-6-11(19)15-13(8-10)24-9-25-15/h4-6,8,12H,7,9H2,1-3H3,(H,21,23)/t12-/m0/s1. The molecule has 2 aromatic rings. The van der Waals surface area contributed by atoms with Gasteiger partial charge in [0.15, 0.2) is 16.5 Å². The molecule has 1 atom stereocenters. The SMILES string of the molecule is CC(C)(C)OC(=O)N[C@@H](Cc1cc(Cl)c2c(c1)OCO2)C(=O)c1nccs1. The number of Topliss-reactive ketones (excluding diaryl/α,β-unsaturated/α-hetero) is 1. The van der Waals surface area contributed by atoms with E-state index in [0.717, 1.165) is 5.56 Å². The molecule has 144 valence electrons. The first-order valence-electron chi connectivity index (χ1n) is 8.24. The van der Waals surface area contributed by atoms with E-state index >= 15 is 0 Å². The third-order valence-electron chi connectivity index (χ3n) is 3.58. The number of nitrogens with one attached hydrogen (secondary N) is 1. The lowest BCUT2D eigenvalue weighted by atomic mass is 10.0. The summed E-state index contributed by atoms with van der Waals surface area (Å²) in [7, 11) is 0. The number of alkyl carbamates (subject to hydrolysis) is 1. The normalized spacial score (nSPS) is 13.9. The number of nitrogens with zero attached hydrogens (tertiary/aromatic N) is 1. The second-order valence-corrected chi connectivity index (χ2v) is 8.22. The molecule has 7 nitrogen and oxygen atoms in total. The molecule has 0 saturated carbocycles. The molecular formula is C18H19ClN2O5S. The van der Waals surface area contributed by atoms with E-state index in [1.807, 2.05) is 0 Å².